The van der Waals surface area contributed by atoms with Crippen LogP contribution in [-0.4, -0.2) is 19.6 Å². The van der Waals surface area contributed by atoms with Crippen LogP contribution < -0.4 is 15.4 Å². The van der Waals surface area contributed by atoms with Crippen molar-refractivity contribution in [1.29, 1.82) is 0 Å². The molecule has 30 heavy (non-hydrogen) atoms. The zero-order valence-corrected chi connectivity index (χ0v) is 16.8. The Labute approximate surface area is 176 Å². The Balaban J connectivity index is 1.48. The first-order chi connectivity index (χ1) is 14.7. The highest BCUT2D eigenvalue weighted by Gasteiger charge is 2.17. The summed E-state index contributed by atoms with van der Waals surface area (Å²) in [6.45, 7) is 0.192. The third-order valence-corrected chi connectivity index (χ3v) is 5.09. The summed E-state index contributed by atoms with van der Waals surface area (Å²) in [7, 11) is 1.64. The standard InChI is InChI=1S/C26H24N2O2/c1-30-24-15-12-21(13-16-24)26(20-8-3-2-4-9-20)28-25(29)18-27-23-14-11-19-7-5-6-10-22(19)17-23/h2-17,26-27H,18H2,1H3,(H,28,29). The number of nitrogens with one attached hydrogen (secondary N) is 2. The molecule has 4 nitrogen and oxygen atoms in total. The van der Waals surface area contributed by atoms with Gasteiger partial charge in [-0.2, -0.15) is 0 Å². The number of fused-ring (bicyclic) bond motifs is 1. The number of anilines is 1. The van der Waals surface area contributed by atoms with Crippen molar-refractivity contribution in [3.63, 3.8) is 0 Å². The molecule has 150 valence electrons. The van der Waals surface area contributed by atoms with Crippen LogP contribution in [0.2, 0.25) is 0 Å². The Morgan fingerprint density at radius 3 is 2.20 bits per heavy atom. The van der Waals surface area contributed by atoms with Gasteiger partial charge in [0.25, 0.3) is 0 Å². The second kappa shape index (κ2) is 9.14. The Kier molecular flexibility index (Phi) is 5.95. The molecule has 4 aromatic rings. The fourth-order valence-corrected chi connectivity index (χ4v) is 3.49. The molecule has 0 bridgehead atoms. The lowest BCUT2D eigenvalue weighted by molar-refractivity contribution is -0.119. The summed E-state index contributed by atoms with van der Waals surface area (Å²) in [5.41, 5.74) is 2.95. The van der Waals surface area contributed by atoms with Crippen LogP contribution in [0.1, 0.15) is 17.2 Å². The number of amides is 1. The Hall–Kier alpha value is -3.79. The maximum absolute atomic E-state index is 12.8. The molecule has 2 N–H and O–H groups in total. The van der Waals surface area contributed by atoms with E-state index < -0.39 is 0 Å². The smallest absolute Gasteiger partial charge is 0.240 e. The van der Waals surface area contributed by atoms with Crippen LogP contribution in [0.3, 0.4) is 0 Å². The van der Waals surface area contributed by atoms with E-state index in [1.165, 1.54) is 5.39 Å². The number of carbonyl (C=O) groups is 1. The zero-order valence-electron chi connectivity index (χ0n) is 16.8. The monoisotopic (exact) mass is 396 g/mol. The fraction of sp³-hybridized carbons (Fsp3) is 0.115. The molecular formula is C26H24N2O2. The largest absolute Gasteiger partial charge is 0.497 e. The molecule has 0 fully saturated rings. The van der Waals surface area contributed by atoms with Crippen molar-refractivity contribution in [3.8, 4) is 5.75 Å². The second-order valence-corrected chi connectivity index (χ2v) is 7.10. The number of rotatable bonds is 7. The van der Waals surface area contributed by atoms with Crippen molar-refractivity contribution in [3.05, 3.63) is 108 Å². The number of benzene rings is 4. The van der Waals surface area contributed by atoms with E-state index in [1.54, 1.807) is 7.11 Å². The van der Waals surface area contributed by atoms with Gasteiger partial charge in [-0.25, -0.2) is 0 Å². The Morgan fingerprint density at radius 2 is 1.47 bits per heavy atom. The van der Waals surface area contributed by atoms with Gasteiger partial charge < -0.3 is 15.4 Å². The minimum atomic E-state index is -0.233. The van der Waals surface area contributed by atoms with Crippen LogP contribution in [0, 0.1) is 0 Å². The molecule has 0 spiro atoms. The van der Waals surface area contributed by atoms with Crippen molar-refractivity contribution in [2.45, 2.75) is 6.04 Å². The summed E-state index contributed by atoms with van der Waals surface area (Å²) in [4.78, 5) is 12.8. The Morgan fingerprint density at radius 1 is 0.800 bits per heavy atom. The molecule has 0 saturated carbocycles. The molecule has 1 atom stereocenters. The molecule has 0 aliphatic heterocycles. The van der Waals surface area contributed by atoms with Gasteiger partial charge in [0, 0.05) is 5.69 Å². The van der Waals surface area contributed by atoms with Crippen molar-refractivity contribution < 1.29 is 9.53 Å². The van der Waals surface area contributed by atoms with Gasteiger partial charge in [-0.15, -0.1) is 0 Å². The maximum atomic E-state index is 12.8. The summed E-state index contributed by atoms with van der Waals surface area (Å²) in [5, 5.41) is 8.70. The molecule has 0 heterocycles. The number of hydrogen-bond donors (Lipinski definition) is 2. The van der Waals surface area contributed by atoms with E-state index in [2.05, 4.69) is 34.9 Å². The van der Waals surface area contributed by atoms with Gasteiger partial charge in [0.1, 0.15) is 5.75 Å². The lowest BCUT2D eigenvalue weighted by atomic mass is 9.98. The molecule has 0 aromatic heterocycles. The van der Waals surface area contributed by atoms with E-state index in [4.69, 9.17) is 4.74 Å². The molecule has 0 aliphatic carbocycles. The van der Waals surface area contributed by atoms with E-state index >= 15 is 0 Å². The van der Waals surface area contributed by atoms with E-state index in [1.807, 2.05) is 72.8 Å². The molecule has 4 heteroatoms. The molecule has 0 radical (unpaired) electrons. The lowest BCUT2D eigenvalue weighted by Gasteiger charge is -2.20. The van der Waals surface area contributed by atoms with Crippen molar-refractivity contribution in [2.75, 3.05) is 19.0 Å². The Bertz CT molecular complexity index is 1120. The van der Waals surface area contributed by atoms with Crippen molar-refractivity contribution in [1.82, 2.24) is 5.32 Å². The molecule has 0 saturated heterocycles. The van der Waals surface area contributed by atoms with E-state index in [-0.39, 0.29) is 18.5 Å². The zero-order chi connectivity index (χ0) is 20.8. The highest BCUT2D eigenvalue weighted by Crippen LogP contribution is 2.24. The minimum Gasteiger partial charge on any atom is -0.497 e. The fourth-order valence-electron chi connectivity index (χ4n) is 3.49. The normalized spacial score (nSPS) is 11.6. The summed E-state index contributed by atoms with van der Waals surface area (Å²) in [5.74, 6) is 0.711. The summed E-state index contributed by atoms with van der Waals surface area (Å²) >= 11 is 0. The topological polar surface area (TPSA) is 50.4 Å². The summed E-state index contributed by atoms with van der Waals surface area (Å²) in [6, 6.07) is 31.8. The summed E-state index contributed by atoms with van der Waals surface area (Å²) in [6.07, 6.45) is 0. The maximum Gasteiger partial charge on any atom is 0.240 e. The molecule has 4 aromatic carbocycles. The van der Waals surface area contributed by atoms with Gasteiger partial charge >= 0.3 is 0 Å². The number of hydrogen-bond acceptors (Lipinski definition) is 3. The molecular weight excluding hydrogens is 372 g/mol. The van der Waals surface area contributed by atoms with Crippen molar-refractivity contribution >= 4 is 22.4 Å². The van der Waals surface area contributed by atoms with Gasteiger partial charge in [-0.05, 0) is 46.2 Å². The van der Waals surface area contributed by atoms with Crippen LogP contribution in [-0.2, 0) is 4.79 Å². The van der Waals surface area contributed by atoms with Gasteiger partial charge in [0.2, 0.25) is 5.91 Å². The first kappa shape index (κ1) is 19.5. The highest BCUT2D eigenvalue weighted by molar-refractivity contribution is 5.87. The first-order valence-corrected chi connectivity index (χ1v) is 9.94. The second-order valence-electron chi connectivity index (χ2n) is 7.10. The molecule has 1 unspecified atom stereocenters. The number of methoxy groups -OCH3 is 1. The number of carbonyl (C=O) groups excluding carboxylic acids is 1. The van der Waals surface area contributed by atoms with Gasteiger partial charge in [-0.3, -0.25) is 4.79 Å². The molecule has 1 amide bonds. The van der Waals surface area contributed by atoms with Crippen LogP contribution in [0.25, 0.3) is 10.8 Å². The minimum absolute atomic E-state index is 0.0761. The summed E-state index contributed by atoms with van der Waals surface area (Å²) < 4.78 is 5.26. The van der Waals surface area contributed by atoms with Gasteiger partial charge in [0.15, 0.2) is 0 Å². The average Bonchev–Trinajstić information content (AvgIpc) is 2.82. The van der Waals surface area contributed by atoms with Crippen LogP contribution in [0.5, 0.6) is 5.75 Å². The molecule has 0 aliphatic rings. The third-order valence-electron chi connectivity index (χ3n) is 5.09. The van der Waals surface area contributed by atoms with E-state index in [0.717, 1.165) is 28.0 Å². The number of ether oxygens (including phenoxy) is 1. The average molecular weight is 396 g/mol. The molecule has 4 rings (SSSR count). The predicted octanol–water partition coefficient (Wildman–Crippen LogP) is 5.17. The quantitative estimate of drug-likeness (QED) is 0.453. The van der Waals surface area contributed by atoms with E-state index in [9.17, 15) is 4.79 Å². The van der Waals surface area contributed by atoms with Crippen LogP contribution in [0.4, 0.5) is 5.69 Å². The van der Waals surface area contributed by atoms with Crippen molar-refractivity contribution in [2.24, 2.45) is 0 Å². The predicted molar refractivity (Wildman–Crippen MR) is 122 cm³/mol. The highest BCUT2D eigenvalue weighted by atomic mass is 16.5. The SMILES string of the molecule is COc1ccc(C(NC(=O)CNc2ccc3ccccc3c2)c2ccccc2)cc1. The third kappa shape index (κ3) is 4.61. The van der Waals surface area contributed by atoms with E-state index in [0.29, 0.717) is 0 Å². The lowest BCUT2D eigenvalue weighted by Crippen LogP contribution is -2.33. The van der Waals surface area contributed by atoms with Crippen LogP contribution in [0.15, 0.2) is 97.1 Å². The first-order valence-electron chi connectivity index (χ1n) is 9.94. The van der Waals surface area contributed by atoms with Gasteiger partial charge in [0.05, 0.1) is 19.7 Å². The van der Waals surface area contributed by atoms with Gasteiger partial charge in [-0.1, -0.05) is 72.8 Å². The van der Waals surface area contributed by atoms with Crippen LogP contribution >= 0.6 is 0 Å².